The maximum Gasteiger partial charge on any atom is 0.407 e. The average molecular weight is 355 g/mol. The molecule has 2 N–H and O–H groups in total. The predicted octanol–water partition coefficient (Wildman–Crippen LogP) is 3.49. The summed E-state index contributed by atoms with van der Waals surface area (Å²) in [7, 11) is 0. The molecule has 25 heavy (non-hydrogen) atoms. The van der Waals surface area contributed by atoms with E-state index >= 15 is 0 Å². The van der Waals surface area contributed by atoms with Crippen LogP contribution in [0.15, 0.2) is 18.2 Å². The number of rotatable bonds is 2. The molecule has 0 radical (unpaired) electrons. The Morgan fingerprint density at radius 3 is 2.40 bits per heavy atom. The van der Waals surface area contributed by atoms with Gasteiger partial charge in [0.15, 0.2) is 0 Å². The van der Waals surface area contributed by atoms with Crippen LogP contribution in [-0.4, -0.2) is 41.8 Å². The third kappa shape index (κ3) is 5.88. The number of benzene rings is 1. The zero-order chi connectivity index (χ0) is 18.6. The molecule has 0 aliphatic carbocycles. The Hall–Kier alpha value is -2.38. The minimum absolute atomic E-state index is 0.0691. The van der Waals surface area contributed by atoms with Gasteiger partial charge < -0.3 is 20.3 Å². The Balaban J connectivity index is 1.81. The van der Waals surface area contributed by atoms with E-state index in [2.05, 4.69) is 10.6 Å². The number of alkyl carbamates (subject to hydrolysis) is 1. The van der Waals surface area contributed by atoms with Gasteiger partial charge in [-0.25, -0.2) is 18.4 Å². The molecule has 3 amide bonds. The zero-order valence-electron chi connectivity index (χ0n) is 14.6. The molecule has 138 valence electrons. The molecular formula is C17H23F2N3O3. The lowest BCUT2D eigenvalue weighted by molar-refractivity contribution is 0.0486. The standard InChI is InChI=1S/C17H23F2N3O3/c1-17(2,3)25-16(24)20-12-6-8-22(9-7-12)15(23)21-14-5-4-11(18)10-13(14)19/h4-5,10,12H,6-9H2,1-3H3,(H,20,24)(H,21,23). The molecule has 0 saturated carbocycles. The number of carbonyl (C=O) groups excluding carboxylic acids is 2. The molecule has 1 fully saturated rings. The van der Waals surface area contributed by atoms with Crippen LogP contribution < -0.4 is 10.6 Å². The van der Waals surface area contributed by atoms with Crippen molar-refractivity contribution in [1.82, 2.24) is 10.2 Å². The molecule has 1 aliphatic heterocycles. The second-order valence-electron chi connectivity index (χ2n) is 6.96. The largest absolute Gasteiger partial charge is 0.444 e. The number of amides is 3. The molecule has 6 nitrogen and oxygen atoms in total. The van der Waals surface area contributed by atoms with Crippen LogP contribution in [0.2, 0.25) is 0 Å². The van der Waals surface area contributed by atoms with Gasteiger partial charge in [-0.05, 0) is 45.7 Å². The Labute approximate surface area is 145 Å². The number of urea groups is 1. The van der Waals surface area contributed by atoms with Crippen molar-refractivity contribution >= 4 is 17.8 Å². The van der Waals surface area contributed by atoms with Gasteiger partial charge in [-0.1, -0.05) is 0 Å². The van der Waals surface area contributed by atoms with Crippen molar-refractivity contribution in [1.29, 1.82) is 0 Å². The first-order valence-electron chi connectivity index (χ1n) is 8.14. The van der Waals surface area contributed by atoms with E-state index in [-0.39, 0.29) is 11.7 Å². The van der Waals surface area contributed by atoms with Crippen LogP contribution in [0.4, 0.5) is 24.1 Å². The van der Waals surface area contributed by atoms with Gasteiger partial charge in [0.1, 0.15) is 17.2 Å². The number of piperidine rings is 1. The van der Waals surface area contributed by atoms with Crippen molar-refractivity contribution in [3.05, 3.63) is 29.8 Å². The third-order valence-corrected chi connectivity index (χ3v) is 3.68. The molecule has 0 atom stereocenters. The minimum atomic E-state index is -0.824. The van der Waals surface area contributed by atoms with E-state index in [4.69, 9.17) is 4.74 Å². The van der Waals surface area contributed by atoms with Gasteiger partial charge >= 0.3 is 12.1 Å². The van der Waals surface area contributed by atoms with E-state index in [9.17, 15) is 18.4 Å². The van der Waals surface area contributed by atoms with Gasteiger partial charge in [0, 0.05) is 25.2 Å². The highest BCUT2D eigenvalue weighted by Crippen LogP contribution is 2.17. The van der Waals surface area contributed by atoms with Crippen LogP contribution in [0.5, 0.6) is 0 Å². The van der Waals surface area contributed by atoms with Crippen molar-refractivity contribution in [2.75, 3.05) is 18.4 Å². The molecule has 0 bridgehead atoms. The highest BCUT2D eigenvalue weighted by Gasteiger charge is 2.26. The van der Waals surface area contributed by atoms with Gasteiger partial charge in [-0.15, -0.1) is 0 Å². The zero-order valence-corrected chi connectivity index (χ0v) is 14.6. The highest BCUT2D eigenvalue weighted by atomic mass is 19.1. The average Bonchev–Trinajstić information content (AvgIpc) is 2.48. The molecule has 8 heteroatoms. The summed E-state index contributed by atoms with van der Waals surface area (Å²) >= 11 is 0. The quantitative estimate of drug-likeness (QED) is 0.853. The monoisotopic (exact) mass is 355 g/mol. The molecular weight excluding hydrogens is 332 g/mol. The fourth-order valence-electron chi connectivity index (χ4n) is 2.49. The first-order chi connectivity index (χ1) is 11.6. The summed E-state index contributed by atoms with van der Waals surface area (Å²) in [6.45, 7) is 6.18. The van der Waals surface area contributed by atoms with E-state index in [1.54, 1.807) is 20.8 Å². The maximum absolute atomic E-state index is 13.6. The first-order valence-corrected chi connectivity index (χ1v) is 8.14. The van der Waals surface area contributed by atoms with Gasteiger partial charge in [0.25, 0.3) is 0 Å². The number of ether oxygens (including phenoxy) is 1. The number of nitrogens with zero attached hydrogens (tertiary/aromatic N) is 1. The highest BCUT2D eigenvalue weighted by molar-refractivity contribution is 5.89. The van der Waals surface area contributed by atoms with Crippen LogP contribution in [0.25, 0.3) is 0 Å². The first kappa shape index (κ1) is 19.0. The minimum Gasteiger partial charge on any atom is -0.444 e. The topological polar surface area (TPSA) is 70.7 Å². The maximum atomic E-state index is 13.6. The normalized spacial score (nSPS) is 15.6. The molecule has 1 aliphatic rings. The molecule has 0 unspecified atom stereocenters. The third-order valence-electron chi connectivity index (χ3n) is 3.68. The number of likely N-dealkylation sites (tertiary alicyclic amines) is 1. The van der Waals surface area contributed by atoms with Crippen molar-refractivity contribution in [2.24, 2.45) is 0 Å². The van der Waals surface area contributed by atoms with E-state index in [0.717, 1.165) is 6.07 Å². The Morgan fingerprint density at radius 2 is 1.84 bits per heavy atom. The van der Waals surface area contributed by atoms with Gasteiger partial charge in [-0.3, -0.25) is 0 Å². The van der Waals surface area contributed by atoms with Crippen LogP contribution in [-0.2, 0) is 4.74 Å². The SMILES string of the molecule is CC(C)(C)OC(=O)NC1CCN(C(=O)Nc2ccc(F)cc2F)CC1. The summed E-state index contributed by atoms with van der Waals surface area (Å²) < 4.78 is 31.7. The van der Waals surface area contributed by atoms with Crippen LogP contribution in [0.3, 0.4) is 0 Å². The van der Waals surface area contributed by atoms with E-state index < -0.39 is 29.4 Å². The van der Waals surface area contributed by atoms with Crippen molar-refractivity contribution in [2.45, 2.75) is 45.3 Å². The van der Waals surface area contributed by atoms with Crippen LogP contribution in [0, 0.1) is 11.6 Å². The Kier molecular flexibility index (Phi) is 5.81. The summed E-state index contributed by atoms with van der Waals surface area (Å²) in [5.41, 5.74) is -0.635. The van der Waals surface area contributed by atoms with Crippen LogP contribution in [0.1, 0.15) is 33.6 Å². The van der Waals surface area contributed by atoms with E-state index in [1.807, 2.05) is 0 Å². The van der Waals surface area contributed by atoms with Gasteiger partial charge in [0.2, 0.25) is 0 Å². The molecule has 0 aromatic heterocycles. The summed E-state index contributed by atoms with van der Waals surface area (Å²) in [6, 6.07) is 2.43. The van der Waals surface area contributed by atoms with E-state index in [0.29, 0.717) is 32.0 Å². The summed E-state index contributed by atoms with van der Waals surface area (Å²) in [6.07, 6.45) is 0.653. The molecule has 1 aromatic rings. The molecule has 2 rings (SSSR count). The molecule has 1 heterocycles. The number of hydrogen-bond donors (Lipinski definition) is 2. The molecule has 1 saturated heterocycles. The summed E-state index contributed by atoms with van der Waals surface area (Å²) in [5, 5.41) is 5.21. The number of halogens is 2. The van der Waals surface area contributed by atoms with E-state index in [1.165, 1.54) is 11.0 Å². The second-order valence-corrected chi connectivity index (χ2v) is 6.96. The second kappa shape index (κ2) is 7.67. The molecule has 1 aromatic carbocycles. The Morgan fingerprint density at radius 1 is 1.20 bits per heavy atom. The van der Waals surface area contributed by atoms with Gasteiger partial charge in [0.05, 0.1) is 5.69 Å². The number of hydrogen-bond acceptors (Lipinski definition) is 3. The number of anilines is 1. The fraction of sp³-hybridized carbons (Fsp3) is 0.529. The van der Waals surface area contributed by atoms with Crippen LogP contribution >= 0.6 is 0 Å². The number of carbonyl (C=O) groups is 2. The van der Waals surface area contributed by atoms with Crippen molar-refractivity contribution < 1.29 is 23.1 Å². The lowest BCUT2D eigenvalue weighted by Gasteiger charge is -2.32. The predicted molar refractivity (Wildman–Crippen MR) is 89.3 cm³/mol. The smallest absolute Gasteiger partial charge is 0.407 e. The summed E-state index contributed by atoms with van der Waals surface area (Å²) in [4.78, 5) is 25.4. The van der Waals surface area contributed by atoms with Crippen molar-refractivity contribution in [3.8, 4) is 0 Å². The fourth-order valence-corrected chi connectivity index (χ4v) is 2.49. The Bertz CT molecular complexity index is 639. The lowest BCUT2D eigenvalue weighted by atomic mass is 10.1. The molecule has 0 spiro atoms. The lowest BCUT2D eigenvalue weighted by Crippen LogP contribution is -2.48. The number of nitrogens with one attached hydrogen (secondary N) is 2. The summed E-state index contributed by atoms with van der Waals surface area (Å²) in [5.74, 6) is -1.53. The van der Waals surface area contributed by atoms with Gasteiger partial charge in [-0.2, -0.15) is 0 Å². The van der Waals surface area contributed by atoms with Crippen molar-refractivity contribution in [3.63, 3.8) is 0 Å².